The molecule has 0 aliphatic rings. The molecule has 1 aromatic heterocycles. The summed E-state index contributed by atoms with van der Waals surface area (Å²) in [6, 6.07) is 1.69. The summed E-state index contributed by atoms with van der Waals surface area (Å²) >= 11 is 0. The van der Waals surface area contributed by atoms with E-state index in [9.17, 15) is 9.59 Å². The van der Waals surface area contributed by atoms with Crippen molar-refractivity contribution in [3.8, 4) is 0 Å². The molecule has 1 heterocycles. The normalized spacial score (nSPS) is 9.93. The molecule has 0 amide bonds. The molecule has 15 heavy (non-hydrogen) atoms. The third-order valence-corrected chi connectivity index (χ3v) is 1.92. The molecule has 2 N–H and O–H groups in total. The van der Waals surface area contributed by atoms with Gasteiger partial charge in [-0.15, -0.1) is 0 Å². The van der Waals surface area contributed by atoms with Crippen LogP contribution < -0.4 is 0 Å². The van der Waals surface area contributed by atoms with Crippen molar-refractivity contribution in [3.63, 3.8) is 0 Å². The van der Waals surface area contributed by atoms with E-state index in [1.165, 1.54) is 0 Å². The zero-order valence-electron chi connectivity index (χ0n) is 8.45. The number of carbonyl (C=O) groups is 2. The van der Waals surface area contributed by atoms with Crippen molar-refractivity contribution in [2.75, 3.05) is 6.61 Å². The summed E-state index contributed by atoms with van der Waals surface area (Å²) in [6.45, 7) is 2.02. The van der Waals surface area contributed by atoms with Crippen LogP contribution in [0.15, 0.2) is 12.3 Å². The first kappa shape index (κ1) is 11.3. The molecule has 0 bridgehead atoms. The number of hydrogen-bond donors (Lipinski definition) is 2. The summed E-state index contributed by atoms with van der Waals surface area (Å²) in [5, 5.41) is 8.52. The van der Waals surface area contributed by atoms with Gasteiger partial charge in [-0.25, -0.2) is 4.79 Å². The molecule has 0 saturated heterocycles. The number of aliphatic carboxylic acids is 1. The van der Waals surface area contributed by atoms with E-state index in [2.05, 4.69) is 4.98 Å². The second-order valence-electron chi connectivity index (χ2n) is 2.99. The molecule has 0 saturated carbocycles. The van der Waals surface area contributed by atoms with Crippen LogP contribution in [0.4, 0.5) is 0 Å². The number of H-pyrrole nitrogens is 1. The van der Waals surface area contributed by atoms with Gasteiger partial charge in [-0.1, -0.05) is 0 Å². The minimum atomic E-state index is -0.883. The van der Waals surface area contributed by atoms with Crippen LogP contribution in [-0.2, 0) is 16.0 Å². The van der Waals surface area contributed by atoms with Crippen LogP contribution in [0.5, 0.6) is 0 Å². The van der Waals surface area contributed by atoms with E-state index in [4.69, 9.17) is 9.84 Å². The predicted octanol–water partition coefficient (Wildman–Crippen LogP) is 1.21. The zero-order valence-corrected chi connectivity index (χ0v) is 8.45. The number of aryl methyl sites for hydroxylation is 1. The van der Waals surface area contributed by atoms with Crippen LogP contribution in [0, 0.1) is 0 Å². The summed E-state index contributed by atoms with van der Waals surface area (Å²) in [7, 11) is 0. The third kappa shape index (κ3) is 3.12. The molecular weight excluding hydrogens is 198 g/mol. The number of ether oxygens (including phenoxy) is 1. The average Bonchev–Trinajstić information content (AvgIpc) is 2.62. The molecule has 1 aromatic rings. The van der Waals surface area contributed by atoms with Gasteiger partial charge in [0.05, 0.1) is 6.61 Å². The largest absolute Gasteiger partial charge is 0.481 e. The molecule has 0 unspecified atom stereocenters. The first-order valence-corrected chi connectivity index (χ1v) is 4.70. The summed E-state index contributed by atoms with van der Waals surface area (Å²) < 4.78 is 4.82. The van der Waals surface area contributed by atoms with E-state index in [0.717, 1.165) is 0 Å². The predicted molar refractivity (Wildman–Crippen MR) is 52.7 cm³/mol. The van der Waals surface area contributed by atoms with Crippen molar-refractivity contribution >= 4 is 11.9 Å². The van der Waals surface area contributed by atoms with E-state index in [1.54, 1.807) is 19.2 Å². The number of rotatable bonds is 5. The van der Waals surface area contributed by atoms with Crippen LogP contribution in [0.3, 0.4) is 0 Å². The van der Waals surface area contributed by atoms with E-state index in [0.29, 0.717) is 24.3 Å². The monoisotopic (exact) mass is 211 g/mol. The highest BCUT2D eigenvalue weighted by molar-refractivity contribution is 5.89. The number of carboxylic acid groups (broad SMARTS) is 1. The number of aromatic nitrogens is 1. The van der Waals surface area contributed by atoms with Gasteiger partial charge in [0.1, 0.15) is 5.69 Å². The second-order valence-corrected chi connectivity index (χ2v) is 2.99. The van der Waals surface area contributed by atoms with Gasteiger partial charge in [0.2, 0.25) is 0 Å². The average molecular weight is 211 g/mol. The molecule has 0 atom stereocenters. The highest BCUT2D eigenvalue weighted by atomic mass is 16.5. The second kappa shape index (κ2) is 5.19. The van der Waals surface area contributed by atoms with Gasteiger partial charge in [-0.2, -0.15) is 0 Å². The van der Waals surface area contributed by atoms with Gasteiger partial charge in [-0.3, -0.25) is 4.79 Å². The van der Waals surface area contributed by atoms with E-state index in [1.807, 2.05) is 0 Å². The molecule has 0 aliphatic heterocycles. The zero-order chi connectivity index (χ0) is 11.3. The maximum atomic E-state index is 11.4. The van der Waals surface area contributed by atoms with Crippen LogP contribution in [0.2, 0.25) is 0 Å². The highest BCUT2D eigenvalue weighted by Gasteiger charge is 2.14. The van der Waals surface area contributed by atoms with E-state index in [-0.39, 0.29) is 6.42 Å². The molecule has 0 fully saturated rings. The van der Waals surface area contributed by atoms with Crippen molar-refractivity contribution < 1.29 is 19.4 Å². The minimum absolute atomic E-state index is 0.00422. The van der Waals surface area contributed by atoms with Crippen LogP contribution in [-0.4, -0.2) is 28.6 Å². The van der Waals surface area contributed by atoms with Gasteiger partial charge in [-0.05, 0) is 25.0 Å². The molecule has 0 radical (unpaired) electrons. The smallest absolute Gasteiger partial charge is 0.355 e. The Morgan fingerprint density at radius 1 is 1.53 bits per heavy atom. The Kier molecular flexibility index (Phi) is 3.91. The van der Waals surface area contributed by atoms with Gasteiger partial charge in [0.25, 0.3) is 0 Å². The van der Waals surface area contributed by atoms with Gasteiger partial charge < -0.3 is 14.8 Å². The van der Waals surface area contributed by atoms with Crippen LogP contribution in [0.1, 0.15) is 29.4 Å². The van der Waals surface area contributed by atoms with Crippen molar-refractivity contribution in [3.05, 3.63) is 23.5 Å². The van der Waals surface area contributed by atoms with Gasteiger partial charge >= 0.3 is 11.9 Å². The molecule has 1 rings (SSSR count). The lowest BCUT2D eigenvalue weighted by Gasteiger charge is -2.02. The van der Waals surface area contributed by atoms with Gasteiger partial charge in [0, 0.05) is 12.6 Å². The fourth-order valence-corrected chi connectivity index (χ4v) is 1.24. The van der Waals surface area contributed by atoms with Gasteiger partial charge in [0.15, 0.2) is 0 Å². The van der Waals surface area contributed by atoms with Crippen molar-refractivity contribution in [1.29, 1.82) is 0 Å². The maximum Gasteiger partial charge on any atom is 0.355 e. The Hall–Kier alpha value is -1.78. The summed E-state index contributed by atoms with van der Waals surface area (Å²) in [5.41, 5.74) is 1.02. The number of nitrogens with one attached hydrogen (secondary N) is 1. The Labute approximate surface area is 87.1 Å². The fourth-order valence-electron chi connectivity index (χ4n) is 1.24. The minimum Gasteiger partial charge on any atom is -0.481 e. The summed E-state index contributed by atoms with van der Waals surface area (Å²) in [4.78, 5) is 24.5. The van der Waals surface area contributed by atoms with Crippen molar-refractivity contribution in [2.45, 2.75) is 19.8 Å². The maximum absolute atomic E-state index is 11.4. The molecule has 0 aliphatic carbocycles. The Morgan fingerprint density at radius 3 is 2.87 bits per heavy atom. The molecule has 0 aromatic carbocycles. The molecule has 82 valence electrons. The number of esters is 1. The number of carboxylic acids is 1. The summed E-state index contributed by atoms with van der Waals surface area (Å²) in [5.74, 6) is -1.33. The lowest BCUT2D eigenvalue weighted by molar-refractivity contribution is -0.136. The molecule has 5 heteroatoms. The van der Waals surface area contributed by atoms with Crippen molar-refractivity contribution in [1.82, 2.24) is 4.98 Å². The van der Waals surface area contributed by atoms with Crippen molar-refractivity contribution in [2.24, 2.45) is 0 Å². The van der Waals surface area contributed by atoms with E-state index < -0.39 is 11.9 Å². The molecule has 0 spiro atoms. The first-order chi connectivity index (χ1) is 7.15. The standard InChI is InChI=1S/C10H13NO4/c1-2-15-10(14)9-7(5-6-11-9)3-4-8(12)13/h5-6,11H,2-4H2,1H3,(H,12,13). The first-order valence-electron chi connectivity index (χ1n) is 4.70. The topological polar surface area (TPSA) is 79.4 Å². The quantitative estimate of drug-likeness (QED) is 0.717. The van der Waals surface area contributed by atoms with Crippen LogP contribution >= 0.6 is 0 Å². The lowest BCUT2D eigenvalue weighted by Crippen LogP contribution is -2.08. The fraction of sp³-hybridized carbons (Fsp3) is 0.400. The van der Waals surface area contributed by atoms with Crippen LogP contribution in [0.25, 0.3) is 0 Å². The number of hydrogen-bond acceptors (Lipinski definition) is 3. The van der Waals surface area contributed by atoms with E-state index >= 15 is 0 Å². The Balaban J connectivity index is 2.68. The Morgan fingerprint density at radius 2 is 2.27 bits per heavy atom. The highest BCUT2D eigenvalue weighted by Crippen LogP contribution is 2.10. The molecular formula is C10H13NO4. The SMILES string of the molecule is CCOC(=O)c1[nH]ccc1CCC(=O)O. The number of aromatic amines is 1. The lowest BCUT2D eigenvalue weighted by atomic mass is 10.1. The Bertz CT molecular complexity index is 356. The summed E-state index contributed by atoms with van der Waals surface area (Å²) in [6.07, 6.45) is 1.93. The molecule has 5 nitrogen and oxygen atoms in total. The third-order valence-electron chi connectivity index (χ3n) is 1.92. The number of carbonyl (C=O) groups excluding carboxylic acids is 1.